The number of hydrogen-bond donors (Lipinski definition) is 2. The van der Waals surface area contributed by atoms with Gasteiger partial charge >= 0.3 is 0 Å². The smallest absolute Gasteiger partial charge is 0.0917 e. The van der Waals surface area contributed by atoms with Gasteiger partial charge in [0.05, 0.1) is 6.10 Å². The van der Waals surface area contributed by atoms with Crippen molar-refractivity contribution in [2.45, 2.75) is 19.4 Å². The Bertz CT molecular complexity index is 389. The number of nitrogens with zero attached hydrogens (tertiary/aromatic N) is 2. The van der Waals surface area contributed by atoms with Crippen molar-refractivity contribution in [2.75, 3.05) is 45.0 Å². The SMILES string of the molecule is CCCN1CCN(CC(O)c2cccc(N)c2)CC1. The molecule has 0 spiro atoms. The van der Waals surface area contributed by atoms with Crippen molar-refractivity contribution in [3.63, 3.8) is 0 Å². The summed E-state index contributed by atoms with van der Waals surface area (Å²) in [6, 6.07) is 7.54. The van der Waals surface area contributed by atoms with Crippen LogP contribution in [0.5, 0.6) is 0 Å². The maximum atomic E-state index is 10.3. The first-order valence-corrected chi connectivity index (χ1v) is 7.17. The molecular weight excluding hydrogens is 238 g/mol. The minimum Gasteiger partial charge on any atom is -0.399 e. The van der Waals surface area contributed by atoms with Crippen LogP contribution in [0.3, 0.4) is 0 Å². The van der Waals surface area contributed by atoms with Gasteiger partial charge in [0.15, 0.2) is 0 Å². The number of anilines is 1. The van der Waals surface area contributed by atoms with Gasteiger partial charge in [-0.3, -0.25) is 4.90 Å². The zero-order chi connectivity index (χ0) is 13.7. The Kier molecular flexibility index (Phi) is 5.19. The van der Waals surface area contributed by atoms with E-state index in [-0.39, 0.29) is 0 Å². The highest BCUT2D eigenvalue weighted by Gasteiger charge is 2.19. The van der Waals surface area contributed by atoms with E-state index in [1.807, 2.05) is 24.3 Å². The topological polar surface area (TPSA) is 52.7 Å². The van der Waals surface area contributed by atoms with E-state index >= 15 is 0 Å². The summed E-state index contributed by atoms with van der Waals surface area (Å²) in [4.78, 5) is 4.82. The Morgan fingerprint density at radius 1 is 1.21 bits per heavy atom. The molecule has 106 valence electrons. The molecular formula is C15H25N3O. The van der Waals surface area contributed by atoms with Crippen LogP contribution >= 0.6 is 0 Å². The lowest BCUT2D eigenvalue weighted by atomic mass is 10.1. The van der Waals surface area contributed by atoms with E-state index in [4.69, 9.17) is 5.73 Å². The molecule has 0 amide bonds. The first-order chi connectivity index (χ1) is 9.19. The van der Waals surface area contributed by atoms with E-state index in [0.29, 0.717) is 12.2 Å². The molecule has 1 unspecified atom stereocenters. The Balaban J connectivity index is 1.82. The molecule has 1 aliphatic rings. The molecule has 0 aliphatic carbocycles. The fourth-order valence-electron chi connectivity index (χ4n) is 2.63. The van der Waals surface area contributed by atoms with Crippen LogP contribution in [0.2, 0.25) is 0 Å². The maximum absolute atomic E-state index is 10.3. The van der Waals surface area contributed by atoms with Gasteiger partial charge in [0.25, 0.3) is 0 Å². The molecule has 0 saturated carbocycles. The Morgan fingerprint density at radius 2 is 1.89 bits per heavy atom. The molecule has 1 aromatic rings. The predicted octanol–water partition coefficient (Wildman–Crippen LogP) is 1.33. The lowest BCUT2D eigenvalue weighted by Gasteiger charge is -2.35. The standard InChI is InChI=1S/C15H25N3O/c1-2-6-17-7-9-18(10-8-17)12-15(19)13-4-3-5-14(16)11-13/h3-5,11,15,19H,2,6-10,12,16H2,1H3. The lowest BCUT2D eigenvalue weighted by Crippen LogP contribution is -2.47. The van der Waals surface area contributed by atoms with Gasteiger partial charge in [0, 0.05) is 38.4 Å². The van der Waals surface area contributed by atoms with E-state index in [0.717, 1.165) is 31.7 Å². The van der Waals surface area contributed by atoms with Crippen LogP contribution in [-0.4, -0.2) is 54.2 Å². The average molecular weight is 263 g/mol. The van der Waals surface area contributed by atoms with Crippen molar-refractivity contribution in [3.8, 4) is 0 Å². The largest absolute Gasteiger partial charge is 0.399 e. The zero-order valence-corrected chi connectivity index (χ0v) is 11.8. The number of hydrogen-bond acceptors (Lipinski definition) is 4. The first-order valence-electron chi connectivity index (χ1n) is 7.17. The molecule has 19 heavy (non-hydrogen) atoms. The van der Waals surface area contributed by atoms with Crippen LogP contribution in [0.15, 0.2) is 24.3 Å². The molecule has 4 nitrogen and oxygen atoms in total. The monoisotopic (exact) mass is 263 g/mol. The molecule has 1 aromatic carbocycles. The van der Waals surface area contributed by atoms with Gasteiger partial charge in [-0.05, 0) is 30.7 Å². The van der Waals surface area contributed by atoms with Crippen molar-refractivity contribution < 1.29 is 5.11 Å². The number of aliphatic hydroxyl groups excluding tert-OH is 1. The van der Waals surface area contributed by atoms with Gasteiger partial charge in [0.1, 0.15) is 0 Å². The molecule has 3 N–H and O–H groups in total. The minimum atomic E-state index is -0.443. The molecule has 4 heteroatoms. The molecule has 2 rings (SSSR count). The van der Waals surface area contributed by atoms with E-state index in [1.165, 1.54) is 13.0 Å². The van der Waals surface area contributed by atoms with Crippen LogP contribution in [0.25, 0.3) is 0 Å². The fraction of sp³-hybridized carbons (Fsp3) is 0.600. The number of nitrogens with two attached hydrogens (primary N) is 1. The molecule has 1 fully saturated rings. The Labute approximate surface area is 115 Å². The highest BCUT2D eigenvalue weighted by molar-refractivity contribution is 5.41. The number of rotatable bonds is 5. The van der Waals surface area contributed by atoms with E-state index in [9.17, 15) is 5.11 Å². The van der Waals surface area contributed by atoms with Gasteiger partial charge in [-0.15, -0.1) is 0 Å². The molecule has 0 bridgehead atoms. The minimum absolute atomic E-state index is 0.443. The fourth-order valence-corrected chi connectivity index (χ4v) is 2.63. The number of aliphatic hydroxyl groups is 1. The van der Waals surface area contributed by atoms with Crippen molar-refractivity contribution in [2.24, 2.45) is 0 Å². The van der Waals surface area contributed by atoms with E-state index in [2.05, 4.69) is 16.7 Å². The van der Waals surface area contributed by atoms with Crippen LogP contribution in [-0.2, 0) is 0 Å². The first kappa shape index (κ1) is 14.3. The summed E-state index contributed by atoms with van der Waals surface area (Å²) in [5.41, 5.74) is 7.37. The third-order valence-corrected chi connectivity index (χ3v) is 3.73. The predicted molar refractivity (Wildman–Crippen MR) is 79.0 cm³/mol. The Hall–Kier alpha value is -1.10. The number of nitrogen functional groups attached to an aromatic ring is 1. The van der Waals surface area contributed by atoms with Crippen molar-refractivity contribution >= 4 is 5.69 Å². The van der Waals surface area contributed by atoms with Crippen LogP contribution in [0.4, 0.5) is 5.69 Å². The van der Waals surface area contributed by atoms with Gasteiger partial charge in [0.2, 0.25) is 0 Å². The number of piperazine rings is 1. The third kappa shape index (κ3) is 4.20. The second-order valence-corrected chi connectivity index (χ2v) is 5.33. The van der Waals surface area contributed by atoms with Crippen LogP contribution < -0.4 is 5.73 Å². The quantitative estimate of drug-likeness (QED) is 0.787. The highest BCUT2D eigenvalue weighted by Crippen LogP contribution is 2.17. The second-order valence-electron chi connectivity index (χ2n) is 5.33. The molecule has 0 radical (unpaired) electrons. The molecule has 1 saturated heterocycles. The third-order valence-electron chi connectivity index (χ3n) is 3.73. The number of β-amino-alcohol motifs (C(OH)–C–C–N with tert-alkyl or cyclic N) is 1. The van der Waals surface area contributed by atoms with Gasteiger partial charge in [-0.25, -0.2) is 0 Å². The summed E-state index contributed by atoms with van der Waals surface area (Å²) in [6.45, 7) is 8.40. The van der Waals surface area contributed by atoms with Gasteiger partial charge < -0.3 is 15.7 Å². The normalized spacial score (nSPS) is 19.5. The maximum Gasteiger partial charge on any atom is 0.0917 e. The Morgan fingerprint density at radius 3 is 2.53 bits per heavy atom. The van der Waals surface area contributed by atoms with Gasteiger partial charge in [-0.2, -0.15) is 0 Å². The second kappa shape index (κ2) is 6.89. The summed E-state index contributed by atoms with van der Waals surface area (Å²) in [5.74, 6) is 0. The summed E-state index contributed by atoms with van der Waals surface area (Å²) in [5, 5.41) is 10.3. The van der Waals surface area contributed by atoms with E-state index in [1.54, 1.807) is 0 Å². The average Bonchev–Trinajstić information content (AvgIpc) is 2.41. The van der Waals surface area contributed by atoms with Crippen molar-refractivity contribution in [1.29, 1.82) is 0 Å². The lowest BCUT2D eigenvalue weighted by molar-refractivity contribution is 0.0726. The summed E-state index contributed by atoms with van der Waals surface area (Å²) >= 11 is 0. The molecule has 1 heterocycles. The van der Waals surface area contributed by atoms with Crippen molar-refractivity contribution in [3.05, 3.63) is 29.8 Å². The highest BCUT2D eigenvalue weighted by atomic mass is 16.3. The summed E-state index contributed by atoms with van der Waals surface area (Å²) < 4.78 is 0. The van der Waals surface area contributed by atoms with Gasteiger partial charge in [-0.1, -0.05) is 19.1 Å². The number of benzene rings is 1. The molecule has 1 atom stereocenters. The zero-order valence-electron chi connectivity index (χ0n) is 11.8. The van der Waals surface area contributed by atoms with Crippen molar-refractivity contribution in [1.82, 2.24) is 9.80 Å². The van der Waals surface area contributed by atoms with Crippen LogP contribution in [0.1, 0.15) is 25.0 Å². The summed E-state index contributed by atoms with van der Waals surface area (Å²) in [6.07, 6.45) is 0.771. The molecule has 0 aromatic heterocycles. The molecule has 1 aliphatic heterocycles. The van der Waals surface area contributed by atoms with Crippen LogP contribution in [0, 0.1) is 0 Å². The van der Waals surface area contributed by atoms with E-state index < -0.39 is 6.10 Å². The summed E-state index contributed by atoms with van der Waals surface area (Å²) in [7, 11) is 0.